The number of hydrogen-bond donors (Lipinski definition) is 2. The molecule has 0 spiro atoms. The van der Waals surface area contributed by atoms with Gasteiger partial charge in [-0.05, 0) is 42.8 Å². The van der Waals surface area contributed by atoms with Gasteiger partial charge in [-0.15, -0.1) is 22.1 Å². The first kappa shape index (κ1) is 20.5. The summed E-state index contributed by atoms with van der Waals surface area (Å²) in [6.07, 6.45) is 0. The first-order valence-electron chi connectivity index (χ1n) is 6.76. The SMILES string of the molecule is Br.C/C(=N\N=C(N)N)c1cc(Br)ccc1OCc1ccc(Cl)cc1. The van der Waals surface area contributed by atoms with Crippen molar-refractivity contribution in [3.63, 3.8) is 0 Å². The molecule has 0 unspecified atom stereocenters. The summed E-state index contributed by atoms with van der Waals surface area (Å²) in [5, 5.41) is 8.37. The fraction of sp³-hybridized carbons (Fsp3) is 0.125. The zero-order valence-corrected chi connectivity index (χ0v) is 16.9. The molecule has 0 aliphatic heterocycles. The lowest BCUT2D eigenvalue weighted by Crippen LogP contribution is -2.22. The van der Waals surface area contributed by atoms with Gasteiger partial charge in [0.25, 0.3) is 0 Å². The van der Waals surface area contributed by atoms with E-state index in [-0.39, 0.29) is 22.9 Å². The minimum atomic E-state index is -0.0945. The highest BCUT2D eigenvalue weighted by atomic mass is 79.9. The van der Waals surface area contributed by atoms with Crippen LogP contribution in [-0.4, -0.2) is 11.7 Å². The van der Waals surface area contributed by atoms with E-state index in [0.717, 1.165) is 15.6 Å². The van der Waals surface area contributed by atoms with Crippen molar-refractivity contribution in [2.24, 2.45) is 21.7 Å². The number of rotatable bonds is 5. The lowest BCUT2D eigenvalue weighted by molar-refractivity contribution is 0.305. The second kappa shape index (κ2) is 9.66. The van der Waals surface area contributed by atoms with E-state index in [1.807, 2.05) is 49.4 Å². The molecule has 0 saturated heterocycles. The van der Waals surface area contributed by atoms with E-state index < -0.39 is 0 Å². The van der Waals surface area contributed by atoms with Crippen LogP contribution in [0.1, 0.15) is 18.1 Å². The third-order valence-corrected chi connectivity index (χ3v) is 3.70. The van der Waals surface area contributed by atoms with Crippen LogP contribution in [0.25, 0.3) is 0 Å². The first-order valence-corrected chi connectivity index (χ1v) is 7.93. The third kappa shape index (κ3) is 6.14. The maximum absolute atomic E-state index is 5.89. The summed E-state index contributed by atoms with van der Waals surface area (Å²) < 4.78 is 6.80. The van der Waals surface area contributed by atoms with E-state index in [4.69, 9.17) is 27.8 Å². The highest BCUT2D eigenvalue weighted by molar-refractivity contribution is 9.10. The number of nitrogens with two attached hydrogens (primary N) is 2. The Balaban J connectivity index is 0.00000288. The van der Waals surface area contributed by atoms with Crippen molar-refractivity contribution < 1.29 is 4.74 Å². The summed E-state index contributed by atoms with van der Waals surface area (Å²) in [6, 6.07) is 13.2. The molecule has 8 heteroatoms. The molecule has 0 radical (unpaired) electrons. The van der Waals surface area contributed by atoms with Gasteiger partial charge in [0.1, 0.15) is 12.4 Å². The van der Waals surface area contributed by atoms with Gasteiger partial charge in [0.05, 0.1) is 5.71 Å². The number of hydrogen-bond acceptors (Lipinski definition) is 3. The zero-order valence-electron chi connectivity index (χ0n) is 12.9. The molecule has 0 heterocycles. The fourth-order valence-corrected chi connectivity index (χ4v) is 2.33. The number of halogens is 3. The van der Waals surface area contributed by atoms with Crippen LogP contribution in [0.4, 0.5) is 0 Å². The van der Waals surface area contributed by atoms with Crippen LogP contribution in [0.5, 0.6) is 5.75 Å². The van der Waals surface area contributed by atoms with Crippen molar-refractivity contribution in [3.05, 3.63) is 63.1 Å². The van der Waals surface area contributed by atoms with Crippen LogP contribution in [0, 0.1) is 0 Å². The highest BCUT2D eigenvalue weighted by Crippen LogP contribution is 2.25. The van der Waals surface area contributed by atoms with Crippen LogP contribution in [0.3, 0.4) is 0 Å². The molecule has 2 rings (SSSR count). The molecular weight excluding hydrogens is 459 g/mol. The van der Waals surface area contributed by atoms with Crippen molar-refractivity contribution in [1.82, 2.24) is 0 Å². The van der Waals surface area contributed by atoms with Crippen molar-refractivity contribution >= 4 is 56.2 Å². The Labute approximate surface area is 164 Å². The Bertz CT molecular complexity index is 744. The van der Waals surface area contributed by atoms with Crippen molar-refractivity contribution in [2.45, 2.75) is 13.5 Å². The Kier molecular flexibility index (Phi) is 8.24. The molecule has 128 valence electrons. The van der Waals surface area contributed by atoms with Gasteiger partial charge in [-0.2, -0.15) is 5.10 Å². The fourth-order valence-electron chi connectivity index (χ4n) is 1.84. The summed E-state index contributed by atoms with van der Waals surface area (Å²) >= 11 is 9.32. The van der Waals surface area contributed by atoms with Crippen LogP contribution in [0.2, 0.25) is 5.02 Å². The van der Waals surface area contributed by atoms with E-state index in [9.17, 15) is 0 Å². The third-order valence-electron chi connectivity index (χ3n) is 2.95. The minimum Gasteiger partial charge on any atom is -0.488 e. The van der Waals surface area contributed by atoms with Crippen LogP contribution in [0.15, 0.2) is 57.1 Å². The quantitative estimate of drug-likeness (QED) is 0.384. The molecule has 2 aromatic rings. The molecule has 5 nitrogen and oxygen atoms in total. The molecule has 0 fully saturated rings. The van der Waals surface area contributed by atoms with Gasteiger partial charge in [0.15, 0.2) is 0 Å². The van der Waals surface area contributed by atoms with Gasteiger partial charge in [0, 0.05) is 15.1 Å². The second-order valence-corrected chi connectivity index (χ2v) is 6.12. The second-order valence-electron chi connectivity index (χ2n) is 4.77. The van der Waals surface area contributed by atoms with E-state index in [1.54, 1.807) is 0 Å². The summed E-state index contributed by atoms with van der Waals surface area (Å²) in [4.78, 5) is 0. The van der Waals surface area contributed by atoms with Gasteiger partial charge in [0.2, 0.25) is 5.96 Å². The van der Waals surface area contributed by atoms with E-state index in [1.165, 1.54) is 0 Å². The van der Waals surface area contributed by atoms with Crippen LogP contribution in [-0.2, 0) is 6.61 Å². The molecule has 2 aromatic carbocycles. The maximum Gasteiger partial charge on any atom is 0.211 e. The Morgan fingerprint density at radius 2 is 1.79 bits per heavy atom. The summed E-state index contributed by atoms with van der Waals surface area (Å²) in [7, 11) is 0. The van der Waals surface area contributed by atoms with Gasteiger partial charge < -0.3 is 16.2 Å². The van der Waals surface area contributed by atoms with E-state index in [0.29, 0.717) is 23.1 Å². The number of benzene rings is 2. The molecule has 0 atom stereocenters. The predicted octanol–water partition coefficient (Wildman–Crippen LogP) is 4.26. The number of nitrogens with zero attached hydrogens (tertiary/aromatic N) is 2. The molecular formula is C16H17Br2ClN4O. The van der Waals surface area contributed by atoms with Crippen molar-refractivity contribution in [3.8, 4) is 5.75 Å². The molecule has 0 saturated carbocycles. The molecule has 0 bridgehead atoms. The standard InChI is InChI=1S/C16H16BrClN4O.BrH/c1-10(21-22-16(19)20)14-8-12(17)4-7-15(14)23-9-11-2-5-13(18)6-3-11;/h2-8H,9H2,1H3,(H4,19,20,22);1H/b21-10+;. The topological polar surface area (TPSA) is 86.0 Å². The lowest BCUT2D eigenvalue weighted by Gasteiger charge is -2.12. The highest BCUT2D eigenvalue weighted by Gasteiger charge is 2.09. The van der Waals surface area contributed by atoms with Gasteiger partial charge in [-0.1, -0.05) is 39.7 Å². The van der Waals surface area contributed by atoms with Crippen molar-refractivity contribution in [1.29, 1.82) is 0 Å². The normalized spacial score (nSPS) is 10.7. The maximum atomic E-state index is 5.89. The average molecular weight is 477 g/mol. The predicted molar refractivity (Wildman–Crippen MR) is 108 cm³/mol. The molecule has 24 heavy (non-hydrogen) atoms. The van der Waals surface area contributed by atoms with E-state index >= 15 is 0 Å². The van der Waals surface area contributed by atoms with Crippen LogP contribution < -0.4 is 16.2 Å². The smallest absolute Gasteiger partial charge is 0.211 e. The lowest BCUT2D eigenvalue weighted by atomic mass is 10.1. The Hall–Kier alpha value is -1.57. The summed E-state index contributed by atoms with van der Waals surface area (Å²) in [5.74, 6) is 0.596. The zero-order chi connectivity index (χ0) is 16.8. The van der Waals surface area contributed by atoms with Gasteiger partial charge in [-0.25, -0.2) is 0 Å². The molecule has 0 aliphatic carbocycles. The molecule has 0 aliphatic rings. The van der Waals surface area contributed by atoms with Gasteiger partial charge >= 0.3 is 0 Å². The van der Waals surface area contributed by atoms with Crippen molar-refractivity contribution in [2.75, 3.05) is 0 Å². The van der Waals surface area contributed by atoms with Gasteiger partial charge in [-0.3, -0.25) is 0 Å². The number of ether oxygens (including phenoxy) is 1. The van der Waals surface area contributed by atoms with Crippen LogP contribution >= 0.6 is 44.5 Å². The first-order chi connectivity index (χ1) is 11.0. The Morgan fingerprint density at radius 3 is 2.42 bits per heavy atom. The summed E-state index contributed by atoms with van der Waals surface area (Å²) in [6.45, 7) is 2.23. The average Bonchev–Trinajstić information content (AvgIpc) is 2.53. The largest absolute Gasteiger partial charge is 0.488 e. The number of guanidine groups is 1. The monoisotopic (exact) mass is 474 g/mol. The Morgan fingerprint density at radius 1 is 1.12 bits per heavy atom. The van der Waals surface area contributed by atoms with E-state index in [2.05, 4.69) is 26.1 Å². The molecule has 4 N–H and O–H groups in total. The summed E-state index contributed by atoms with van der Waals surface area (Å²) in [5.41, 5.74) is 13.1. The molecule has 0 aromatic heterocycles. The molecule has 0 amide bonds. The minimum absolute atomic E-state index is 0.